The summed E-state index contributed by atoms with van der Waals surface area (Å²) in [6.07, 6.45) is 0. The van der Waals surface area contributed by atoms with Gasteiger partial charge in [0.15, 0.2) is 0 Å². The van der Waals surface area contributed by atoms with E-state index in [0.717, 1.165) is 0 Å². The molecule has 2 aromatic carbocycles. The fourth-order valence-corrected chi connectivity index (χ4v) is 3.32. The van der Waals surface area contributed by atoms with Gasteiger partial charge in [0.05, 0.1) is 22.2 Å². The maximum Gasteiger partial charge on any atom is 0.276 e. The molecule has 0 fully saturated rings. The Balaban J connectivity index is 2.24. The summed E-state index contributed by atoms with van der Waals surface area (Å²) in [7, 11) is -3.87. The predicted molar refractivity (Wildman–Crippen MR) is 98.3 cm³/mol. The molecule has 0 saturated heterocycles. The molecule has 9 heteroatoms. The van der Waals surface area contributed by atoms with Gasteiger partial charge in [-0.2, -0.15) is 18.4 Å². The van der Waals surface area contributed by atoms with Gasteiger partial charge in [-0.25, -0.2) is 0 Å². The summed E-state index contributed by atoms with van der Waals surface area (Å²) in [5.41, 5.74) is 0.434. The van der Waals surface area contributed by atoms with Gasteiger partial charge in [-0.1, -0.05) is 23.2 Å². The lowest BCUT2D eigenvalue weighted by Gasteiger charge is -2.09. The molecule has 6 nitrogen and oxygen atoms in total. The van der Waals surface area contributed by atoms with E-state index in [0.29, 0.717) is 17.4 Å². The van der Waals surface area contributed by atoms with Crippen molar-refractivity contribution in [3.05, 3.63) is 52.0 Å². The van der Waals surface area contributed by atoms with Crippen LogP contribution in [0.5, 0.6) is 11.5 Å². The van der Waals surface area contributed by atoms with Crippen molar-refractivity contribution in [1.29, 1.82) is 0 Å². The number of ether oxygens (including phenoxy) is 1. The number of aromatic hydroxyl groups is 1. The fraction of sp³-hybridized carbons (Fsp3) is 0.188. The summed E-state index contributed by atoms with van der Waals surface area (Å²) in [4.78, 5) is 2.14. The number of nitrogens with one attached hydrogen (secondary N) is 1. The highest BCUT2D eigenvalue weighted by atomic mass is 35.5. The van der Waals surface area contributed by atoms with Crippen LogP contribution in [0.2, 0.25) is 10.0 Å². The number of sulfonamides is 1. The average Bonchev–Trinajstić information content (AvgIpc) is 2.57. The predicted octanol–water partition coefficient (Wildman–Crippen LogP) is 3.80. The van der Waals surface area contributed by atoms with Crippen LogP contribution in [0.3, 0.4) is 0 Å². The highest BCUT2D eigenvalue weighted by Crippen LogP contribution is 2.31. The average molecular weight is 403 g/mol. The van der Waals surface area contributed by atoms with Gasteiger partial charge in [0.2, 0.25) is 0 Å². The molecule has 0 amide bonds. The maximum atomic E-state index is 12.3. The zero-order valence-electron chi connectivity index (χ0n) is 13.5. The second-order valence-corrected chi connectivity index (χ2v) is 7.48. The van der Waals surface area contributed by atoms with Gasteiger partial charge in [0.1, 0.15) is 11.5 Å². The quantitative estimate of drug-likeness (QED) is 0.567. The number of hydrazone groups is 1. The highest BCUT2D eigenvalue weighted by molar-refractivity contribution is 7.89. The molecule has 0 atom stereocenters. The first-order chi connectivity index (χ1) is 11.7. The van der Waals surface area contributed by atoms with Gasteiger partial charge < -0.3 is 9.84 Å². The molecule has 25 heavy (non-hydrogen) atoms. The molecule has 2 N–H and O–H groups in total. The standard InChI is InChI=1S/C16H16Cl2N2O4S/c1-3-24-12-4-6-13(7-5-12)25(22,23)20-19-10(2)14-8-11(17)9-15(18)16(14)21/h4-9,20-21H,3H2,1-2H3/b19-10+. The SMILES string of the molecule is CCOc1ccc(S(=O)(=O)N/N=C(\C)c2cc(Cl)cc(Cl)c2O)cc1. The van der Waals surface area contributed by atoms with Crippen LogP contribution >= 0.6 is 23.2 Å². The highest BCUT2D eigenvalue weighted by Gasteiger charge is 2.15. The molecule has 0 aliphatic carbocycles. The summed E-state index contributed by atoms with van der Waals surface area (Å²) >= 11 is 11.7. The molecule has 0 spiro atoms. The second-order valence-electron chi connectivity index (χ2n) is 4.98. The summed E-state index contributed by atoms with van der Waals surface area (Å²) in [6, 6.07) is 8.73. The number of phenolic OH excluding ortho intramolecular Hbond substituents is 1. The van der Waals surface area contributed by atoms with Crippen molar-refractivity contribution < 1.29 is 18.3 Å². The zero-order chi connectivity index (χ0) is 18.6. The number of rotatable bonds is 6. The van der Waals surface area contributed by atoms with Gasteiger partial charge in [-0.3, -0.25) is 0 Å². The Bertz CT molecular complexity index is 897. The largest absolute Gasteiger partial charge is 0.506 e. The molecule has 0 aliphatic rings. The molecule has 2 aromatic rings. The van der Waals surface area contributed by atoms with E-state index in [-0.39, 0.29) is 26.9 Å². The van der Waals surface area contributed by atoms with E-state index >= 15 is 0 Å². The molecule has 0 bridgehead atoms. The minimum Gasteiger partial charge on any atom is -0.506 e. The van der Waals surface area contributed by atoms with Gasteiger partial charge in [0, 0.05) is 10.6 Å². The van der Waals surface area contributed by atoms with Crippen molar-refractivity contribution in [3.63, 3.8) is 0 Å². The summed E-state index contributed by atoms with van der Waals surface area (Å²) in [5.74, 6) is 0.340. The van der Waals surface area contributed by atoms with Crippen molar-refractivity contribution in [3.8, 4) is 11.5 Å². The Morgan fingerprint density at radius 3 is 2.48 bits per heavy atom. The van der Waals surface area contributed by atoms with Crippen LogP contribution < -0.4 is 9.57 Å². The van der Waals surface area contributed by atoms with E-state index in [1.807, 2.05) is 6.92 Å². The van der Waals surface area contributed by atoms with Crippen molar-refractivity contribution >= 4 is 38.9 Å². The molecule has 0 unspecified atom stereocenters. The molecule has 0 aromatic heterocycles. The molecule has 0 aliphatic heterocycles. The molecular weight excluding hydrogens is 387 g/mol. The fourth-order valence-electron chi connectivity index (χ4n) is 1.96. The molecule has 2 rings (SSSR count). The van der Waals surface area contributed by atoms with Crippen LogP contribution in [-0.4, -0.2) is 25.8 Å². The van der Waals surface area contributed by atoms with E-state index in [9.17, 15) is 13.5 Å². The van der Waals surface area contributed by atoms with Crippen LogP contribution in [0, 0.1) is 0 Å². The first-order valence-corrected chi connectivity index (χ1v) is 9.46. The molecule has 0 heterocycles. The van der Waals surface area contributed by atoms with Crippen molar-refractivity contribution in [2.24, 2.45) is 5.10 Å². The van der Waals surface area contributed by atoms with Crippen LogP contribution in [0.1, 0.15) is 19.4 Å². The minimum absolute atomic E-state index is 0.0286. The third-order valence-electron chi connectivity index (χ3n) is 3.20. The van der Waals surface area contributed by atoms with Crippen LogP contribution in [0.4, 0.5) is 0 Å². The summed E-state index contributed by atoms with van der Waals surface area (Å²) < 4.78 is 29.8. The number of benzene rings is 2. The molecular formula is C16H16Cl2N2O4S. The monoisotopic (exact) mass is 402 g/mol. The van der Waals surface area contributed by atoms with Crippen LogP contribution in [-0.2, 0) is 10.0 Å². The minimum atomic E-state index is -3.87. The third-order valence-corrected chi connectivity index (χ3v) is 4.93. The number of halogens is 2. The molecule has 134 valence electrons. The van der Waals surface area contributed by atoms with E-state index in [1.165, 1.54) is 31.2 Å². The summed E-state index contributed by atoms with van der Waals surface area (Å²) in [6.45, 7) is 3.84. The van der Waals surface area contributed by atoms with E-state index in [1.54, 1.807) is 12.1 Å². The Kier molecular flexibility index (Phi) is 6.16. The van der Waals surface area contributed by atoms with E-state index < -0.39 is 10.0 Å². The van der Waals surface area contributed by atoms with E-state index in [2.05, 4.69) is 9.93 Å². The van der Waals surface area contributed by atoms with Crippen LogP contribution in [0.15, 0.2) is 46.4 Å². The lowest BCUT2D eigenvalue weighted by atomic mass is 10.1. The Morgan fingerprint density at radius 1 is 1.24 bits per heavy atom. The second kappa shape index (κ2) is 7.95. The van der Waals surface area contributed by atoms with Gasteiger partial charge in [-0.15, -0.1) is 0 Å². The molecule has 0 saturated carbocycles. The smallest absolute Gasteiger partial charge is 0.276 e. The Hall–Kier alpha value is -1.96. The van der Waals surface area contributed by atoms with Gasteiger partial charge >= 0.3 is 0 Å². The number of hydrogen-bond donors (Lipinski definition) is 2. The Morgan fingerprint density at radius 2 is 1.88 bits per heavy atom. The third kappa shape index (κ3) is 4.78. The van der Waals surface area contributed by atoms with Crippen molar-refractivity contribution in [1.82, 2.24) is 4.83 Å². The Labute approximate surface area is 156 Å². The number of hydrogen-bond acceptors (Lipinski definition) is 5. The lowest BCUT2D eigenvalue weighted by molar-refractivity contribution is 0.340. The van der Waals surface area contributed by atoms with Gasteiger partial charge in [0.25, 0.3) is 10.0 Å². The first kappa shape index (κ1) is 19.4. The zero-order valence-corrected chi connectivity index (χ0v) is 15.8. The lowest BCUT2D eigenvalue weighted by Crippen LogP contribution is -2.20. The van der Waals surface area contributed by atoms with Gasteiger partial charge in [-0.05, 0) is 50.2 Å². The first-order valence-electron chi connectivity index (χ1n) is 7.22. The summed E-state index contributed by atoms with van der Waals surface area (Å²) in [5, 5.41) is 14.1. The number of phenols is 1. The molecule has 0 radical (unpaired) electrons. The van der Waals surface area contributed by atoms with Crippen molar-refractivity contribution in [2.75, 3.05) is 6.61 Å². The normalized spacial score (nSPS) is 12.1. The van der Waals surface area contributed by atoms with E-state index in [4.69, 9.17) is 27.9 Å². The van der Waals surface area contributed by atoms with Crippen LogP contribution in [0.25, 0.3) is 0 Å². The number of nitrogens with zero attached hydrogens (tertiary/aromatic N) is 1. The topological polar surface area (TPSA) is 88.0 Å². The van der Waals surface area contributed by atoms with Crippen molar-refractivity contribution in [2.45, 2.75) is 18.7 Å². The maximum absolute atomic E-state index is 12.3.